The van der Waals surface area contributed by atoms with Crippen molar-refractivity contribution in [2.45, 2.75) is 50.6 Å². The summed E-state index contributed by atoms with van der Waals surface area (Å²) in [4.78, 5) is 12.7. The maximum atomic E-state index is 12.5. The van der Waals surface area contributed by atoms with Gasteiger partial charge < -0.3 is 5.32 Å². The van der Waals surface area contributed by atoms with E-state index >= 15 is 0 Å². The molecule has 1 fully saturated rings. The van der Waals surface area contributed by atoms with Gasteiger partial charge in [0.15, 0.2) is 0 Å². The van der Waals surface area contributed by atoms with Crippen molar-refractivity contribution in [1.82, 2.24) is 10.0 Å². The summed E-state index contributed by atoms with van der Waals surface area (Å²) in [6.07, 6.45) is 1.77. The highest BCUT2D eigenvalue weighted by Gasteiger charge is 2.28. The first-order chi connectivity index (χ1) is 12.3. The average molecular weight is 372 g/mol. The predicted octanol–water partition coefficient (Wildman–Crippen LogP) is 3.24. The van der Waals surface area contributed by atoms with Crippen LogP contribution in [0.4, 0.5) is 0 Å². The molecule has 2 N–H and O–H groups in total. The summed E-state index contributed by atoms with van der Waals surface area (Å²) in [6.45, 7) is 5.98. The van der Waals surface area contributed by atoms with Gasteiger partial charge in [0, 0.05) is 11.6 Å². The number of sulfonamides is 1. The van der Waals surface area contributed by atoms with Crippen molar-refractivity contribution in [3.05, 3.63) is 64.7 Å². The molecule has 0 aromatic heterocycles. The molecule has 1 aliphatic carbocycles. The third-order valence-electron chi connectivity index (χ3n) is 4.57. The van der Waals surface area contributed by atoms with Crippen molar-refractivity contribution in [2.75, 3.05) is 0 Å². The summed E-state index contributed by atoms with van der Waals surface area (Å²) in [6, 6.07) is 12.1. The maximum absolute atomic E-state index is 12.5. The Balaban J connectivity index is 1.70. The van der Waals surface area contributed by atoms with Crippen LogP contribution < -0.4 is 10.0 Å². The predicted molar refractivity (Wildman–Crippen MR) is 102 cm³/mol. The van der Waals surface area contributed by atoms with Crippen LogP contribution in [0.3, 0.4) is 0 Å². The smallest absolute Gasteiger partial charge is 0.251 e. The van der Waals surface area contributed by atoms with Crippen LogP contribution in [0, 0.1) is 13.8 Å². The van der Waals surface area contributed by atoms with Gasteiger partial charge in [0.25, 0.3) is 5.91 Å². The Morgan fingerprint density at radius 3 is 2.35 bits per heavy atom. The second-order valence-corrected chi connectivity index (χ2v) is 8.69. The first-order valence-electron chi connectivity index (χ1n) is 8.76. The van der Waals surface area contributed by atoms with Gasteiger partial charge in [-0.05, 0) is 69.0 Å². The summed E-state index contributed by atoms with van der Waals surface area (Å²) in [5, 5.41) is 2.98. The minimum Gasteiger partial charge on any atom is -0.346 e. The molecule has 2 aromatic carbocycles. The van der Waals surface area contributed by atoms with Crippen LogP contribution in [0.25, 0.3) is 0 Å². The van der Waals surface area contributed by atoms with E-state index in [4.69, 9.17) is 0 Å². The number of rotatable bonds is 6. The van der Waals surface area contributed by atoms with Gasteiger partial charge in [0.2, 0.25) is 10.0 Å². The van der Waals surface area contributed by atoms with Crippen molar-refractivity contribution < 1.29 is 13.2 Å². The lowest BCUT2D eigenvalue weighted by atomic mass is 10.00. The fraction of sp³-hybridized carbons (Fsp3) is 0.350. The fourth-order valence-electron chi connectivity index (χ4n) is 2.86. The quantitative estimate of drug-likeness (QED) is 0.817. The molecule has 3 rings (SSSR count). The Morgan fingerprint density at radius 2 is 1.73 bits per heavy atom. The van der Waals surface area contributed by atoms with E-state index in [1.165, 1.54) is 12.1 Å². The van der Waals surface area contributed by atoms with E-state index < -0.39 is 10.0 Å². The molecule has 26 heavy (non-hydrogen) atoms. The highest BCUT2D eigenvalue weighted by atomic mass is 32.2. The first-order valence-corrected chi connectivity index (χ1v) is 10.2. The molecule has 1 saturated carbocycles. The molecule has 1 amide bonds. The van der Waals surface area contributed by atoms with Crippen molar-refractivity contribution in [2.24, 2.45) is 0 Å². The van der Waals surface area contributed by atoms with Crippen molar-refractivity contribution in [3.8, 4) is 0 Å². The molecule has 0 bridgehead atoms. The van der Waals surface area contributed by atoms with E-state index in [0.717, 1.165) is 29.5 Å². The molecule has 1 atom stereocenters. The molecule has 5 nitrogen and oxygen atoms in total. The third-order valence-corrected chi connectivity index (χ3v) is 6.11. The van der Waals surface area contributed by atoms with E-state index in [2.05, 4.69) is 16.1 Å². The fourth-order valence-corrected chi connectivity index (χ4v) is 4.16. The second-order valence-electron chi connectivity index (χ2n) is 6.98. The summed E-state index contributed by atoms with van der Waals surface area (Å²) < 4.78 is 27.0. The minimum atomic E-state index is -3.50. The lowest BCUT2D eigenvalue weighted by molar-refractivity contribution is 0.0939. The van der Waals surface area contributed by atoms with Crippen LogP contribution >= 0.6 is 0 Å². The van der Waals surface area contributed by atoms with Gasteiger partial charge in [-0.25, -0.2) is 13.1 Å². The van der Waals surface area contributed by atoms with Crippen molar-refractivity contribution in [1.29, 1.82) is 0 Å². The van der Waals surface area contributed by atoms with E-state index in [-0.39, 0.29) is 22.9 Å². The van der Waals surface area contributed by atoms with Crippen molar-refractivity contribution >= 4 is 15.9 Å². The molecule has 0 radical (unpaired) electrons. The van der Waals surface area contributed by atoms with Gasteiger partial charge in [0.05, 0.1) is 10.9 Å². The van der Waals surface area contributed by atoms with Gasteiger partial charge in [-0.1, -0.05) is 23.8 Å². The summed E-state index contributed by atoms with van der Waals surface area (Å²) in [5.41, 5.74) is 3.78. The topological polar surface area (TPSA) is 75.3 Å². The number of carbonyl (C=O) groups excluding carboxylic acids is 1. The molecule has 0 saturated heterocycles. The van der Waals surface area contributed by atoms with Gasteiger partial charge in [-0.2, -0.15) is 0 Å². The molecule has 0 spiro atoms. The highest BCUT2D eigenvalue weighted by molar-refractivity contribution is 7.89. The number of hydrogen-bond acceptors (Lipinski definition) is 3. The molecule has 6 heteroatoms. The minimum absolute atomic E-state index is 0.0568. The zero-order valence-corrected chi connectivity index (χ0v) is 16.1. The van der Waals surface area contributed by atoms with E-state index in [9.17, 15) is 13.2 Å². The zero-order chi connectivity index (χ0) is 18.9. The van der Waals surface area contributed by atoms with Crippen LogP contribution in [0.2, 0.25) is 0 Å². The molecular weight excluding hydrogens is 348 g/mol. The Labute approximate surface area is 154 Å². The zero-order valence-electron chi connectivity index (χ0n) is 15.2. The molecule has 1 unspecified atom stereocenters. The molecular formula is C20H24N2O3S. The maximum Gasteiger partial charge on any atom is 0.251 e. The number of benzene rings is 2. The normalized spacial score (nSPS) is 15.5. The number of amides is 1. The Hall–Kier alpha value is -2.18. The number of hydrogen-bond donors (Lipinski definition) is 2. The molecule has 0 heterocycles. The number of aryl methyl sites for hydroxylation is 2. The molecule has 138 valence electrons. The Morgan fingerprint density at radius 1 is 1.08 bits per heavy atom. The standard InChI is InChI=1S/C20H24N2O3S/c1-13-4-5-14(2)19(12-13)15(3)21-20(23)16-6-10-18(11-7-16)26(24,25)22-17-8-9-17/h4-7,10-12,15,17,22H,8-9H2,1-3H3,(H,21,23). The highest BCUT2D eigenvalue weighted by Crippen LogP contribution is 2.23. The molecule has 1 aliphatic rings. The molecule has 2 aromatic rings. The average Bonchev–Trinajstić information content (AvgIpc) is 3.40. The van der Waals surface area contributed by atoms with Crippen LogP contribution in [0.5, 0.6) is 0 Å². The van der Waals surface area contributed by atoms with E-state index in [0.29, 0.717) is 5.56 Å². The lowest BCUT2D eigenvalue weighted by Gasteiger charge is -2.17. The van der Waals surface area contributed by atoms with Gasteiger partial charge in [-0.15, -0.1) is 0 Å². The van der Waals surface area contributed by atoms with Gasteiger partial charge in [-0.3, -0.25) is 4.79 Å². The SMILES string of the molecule is Cc1ccc(C)c(C(C)NC(=O)c2ccc(S(=O)(=O)NC3CC3)cc2)c1. The monoisotopic (exact) mass is 372 g/mol. The van der Waals surface area contributed by atoms with Crippen LogP contribution in [-0.2, 0) is 10.0 Å². The van der Waals surface area contributed by atoms with E-state index in [1.54, 1.807) is 12.1 Å². The largest absolute Gasteiger partial charge is 0.346 e. The van der Waals surface area contributed by atoms with Gasteiger partial charge >= 0.3 is 0 Å². The van der Waals surface area contributed by atoms with Gasteiger partial charge in [0.1, 0.15) is 0 Å². The Bertz CT molecular complexity index is 917. The number of carbonyl (C=O) groups is 1. The summed E-state index contributed by atoms with van der Waals surface area (Å²) in [5.74, 6) is -0.225. The number of nitrogens with one attached hydrogen (secondary N) is 2. The molecule has 0 aliphatic heterocycles. The van der Waals surface area contributed by atoms with Crippen LogP contribution in [-0.4, -0.2) is 20.4 Å². The Kier molecular flexibility index (Phi) is 5.16. The van der Waals surface area contributed by atoms with E-state index in [1.807, 2.05) is 32.9 Å². The summed E-state index contributed by atoms with van der Waals surface area (Å²) in [7, 11) is -3.50. The van der Waals surface area contributed by atoms with Crippen LogP contribution in [0.15, 0.2) is 47.4 Å². The first kappa shape index (κ1) is 18.6. The second kappa shape index (κ2) is 7.21. The van der Waals surface area contributed by atoms with Crippen molar-refractivity contribution in [3.63, 3.8) is 0 Å². The lowest BCUT2D eigenvalue weighted by Crippen LogP contribution is -2.28. The summed E-state index contributed by atoms with van der Waals surface area (Å²) >= 11 is 0. The third kappa shape index (κ3) is 4.31. The van der Waals surface area contributed by atoms with Crippen LogP contribution in [0.1, 0.15) is 52.9 Å².